The molecular weight excluding hydrogens is 211 g/mol. The van der Waals surface area contributed by atoms with Crippen LogP contribution in [0.3, 0.4) is 0 Å². The van der Waals surface area contributed by atoms with E-state index in [0.29, 0.717) is 0 Å². The van der Waals surface area contributed by atoms with Crippen molar-refractivity contribution in [2.45, 2.75) is 51.9 Å². The van der Waals surface area contributed by atoms with Crippen molar-refractivity contribution in [3.63, 3.8) is 0 Å². The predicted molar refractivity (Wildman–Crippen MR) is 78.9 cm³/mol. The average molecular weight is 239 g/mol. The first-order valence-corrected chi connectivity index (χ1v) is 8.85. The van der Waals surface area contributed by atoms with Crippen LogP contribution in [0.5, 0.6) is 0 Å². The van der Waals surface area contributed by atoms with Gasteiger partial charge in [-0.3, -0.25) is 0 Å². The third-order valence-electron chi connectivity index (χ3n) is 3.91. The van der Waals surface area contributed by atoms with E-state index in [1.54, 1.807) is 0 Å². The summed E-state index contributed by atoms with van der Waals surface area (Å²) in [5.74, 6) is 1.74. The van der Waals surface area contributed by atoms with Crippen LogP contribution in [0.4, 0.5) is 0 Å². The Kier molecular flexibility index (Phi) is 7.05. The first kappa shape index (κ1) is 14.0. The van der Waals surface area contributed by atoms with Gasteiger partial charge >= 0.3 is 0 Å². The molecule has 0 amide bonds. The van der Waals surface area contributed by atoms with E-state index in [1.165, 1.54) is 57.3 Å². The van der Waals surface area contributed by atoms with Gasteiger partial charge in [0.15, 0.2) is 0 Å². The lowest BCUT2D eigenvalue weighted by atomic mass is 9.78. The smallest absolute Gasteiger partial charge is 0.103 e. The van der Waals surface area contributed by atoms with Gasteiger partial charge in [0.25, 0.3) is 0 Å². The van der Waals surface area contributed by atoms with E-state index in [-0.39, 0.29) is 7.55 Å². The van der Waals surface area contributed by atoms with Gasteiger partial charge in [0, 0.05) is 0 Å². The molecule has 3 atom stereocenters. The van der Waals surface area contributed by atoms with Crippen LogP contribution in [0.25, 0.3) is 0 Å². The highest BCUT2D eigenvalue weighted by atomic mass is 31.1. The van der Waals surface area contributed by atoms with Gasteiger partial charge in [0.05, 0.1) is 13.8 Å². The van der Waals surface area contributed by atoms with E-state index in [4.69, 9.17) is 0 Å². The fourth-order valence-corrected chi connectivity index (χ4v) is 4.43. The molecule has 0 saturated heterocycles. The molecule has 0 spiro atoms. The number of hydrogen-bond acceptors (Lipinski definition) is 0. The molecular formula is C15H28P+. The van der Waals surface area contributed by atoms with Gasteiger partial charge in [0.2, 0.25) is 0 Å². The zero-order valence-corrected chi connectivity index (χ0v) is 11.9. The highest BCUT2D eigenvalue weighted by molar-refractivity contribution is 7.55. The van der Waals surface area contributed by atoms with Crippen LogP contribution in [0, 0.1) is 11.8 Å². The van der Waals surface area contributed by atoms with Crippen molar-refractivity contribution < 1.29 is 0 Å². The summed E-state index contributed by atoms with van der Waals surface area (Å²) in [6, 6.07) is 0. The Morgan fingerprint density at radius 2 is 2.00 bits per heavy atom. The molecule has 1 rings (SSSR count). The fourth-order valence-electron chi connectivity index (χ4n) is 2.75. The topological polar surface area (TPSA) is 0 Å². The Balaban J connectivity index is 2.24. The Morgan fingerprint density at radius 3 is 2.69 bits per heavy atom. The largest absolute Gasteiger partial charge is 0.106 e. The van der Waals surface area contributed by atoms with Crippen LogP contribution in [0.1, 0.15) is 51.9 Å². The van der Waals surface area contributed by atoms with E-state index in [9.17, 15) is 0 Å². The van der Waals surface area contributed by atoms with Crippen LogP contribution in [0.15, 0.2) is 12.7 Å². The average Bonchev–Trinajstić information content (AvgIpc) is 2.34. The van der Waals surface area contributed by atoms with Crippen LogP contribution in [-0.2, 0) is 0 Å². The molecule has 3 unspecified atom stereocenters. The van der Waals surface area contributed by atoms with E-state index >= 15 is 0 Å². The lowest BCUT2D eigenvalue weighted by Gasteiger charge is -2.28. The maximum absolute atomic E-state index is 4.35. The molecule has 0 aliphatic heterocycles. The Labute approximate surface area is 103 Å². The van der Waals surface area contributed by atoms with E-state index < -0.39 is 0 Å². The standard InChI is InChI=1S/C15H28P/c1-4-6-12-16(3)13-11-15-10-8-7-9-14(15)5-2/h5,14-15H,2-4,6-13H2,1H3/q+1. The SMILES string of the molecule is C=CC1CCCCC1CC[P+](=C)CCCC. The Morgan fingerprint density at radius 1 is 1.25 bits per heavy atom. The second kappa shape index (κ2) is 8.07. The summed E-state index contributed by atoms with van der Waals surface area (Å²) in [6.45, 7) is 6.28. The molecule has 0 aromatic heterocycles. The highest BCUT2D eigenvalue weighted by Crippen LogP contribution is 2.35. The molecule has 1 saturated carbocycles. The fraction of sp³-hybridized carbons (Fsp3) is 0.800. The summed E-state index contributed by atoms with van der Waals surface area (Å²) in [4.78, 5) is 0. The van der Waals surface area contributed by atoms with Crippen LogP contribution in [0.2, 0.25) is 0 Å². The maximum Gasteiger partial charge on any atom is 0.106 e. The van der Waals surface area contributed by atoms with Crippen LogP contribution >= 0.6 is 7.55 Å². The van der Waals surface area contributed by atoms with Crippen LogP contribution < -0.4 is 0 Å². The summed E-state index contributed by atoms with van der Waals surface area (Å²) in [7, 11) is 0.0803. The molecule has 0 aromatic carbocycles. The molecule has 1 aliphatic carbocycles. The molecule has 1 aliphatic rings. The Hall–Kier alpha value is -0.0900. The summed E-state index contributed by atoms with van der Waals surface area (Å²) >= 11 is 0. The van der Waals surface area contributed by atoms with Gasteiger partial charge in [-0.05, 0) is 37.5 Å². The van der Waals surface area contributed by atoms with Crippen molar-refractivity contribution in [2.75, 3.05) is 12.3 Å². The molecule has 0 radical (unpaired) electrons. The monoisotopic (exact) mass is 239 g/mol. The molecule has 92 valence electrons. The Bertz CT molecular complexity index is 219. The van der Waals surface area contributed by atoms with Gasteiger partial charge < -0.3 is 0 Å². The predicted octanol–water partition coefficient (Wildman–Crippen LogP) is 5.08. The van der Waals surface area contributed by atoms with Crippen molar-refractivity contribution in [3.05, 3.63) is 12.7 Å². The summed E-state index contributed by atoms with van der Waals surface area (Å²) in [6.07, 6.45) is 19.1. The minimum absolute atomic E-state index is 0.0803. The quantitative estimate of drug-likeness (QED) is 0.429. The second-order valence-electron chi connectivity index (χ2n) is 5.20. The third kappa shape index (κ3) is 4.83. The van der Waals surface area contributed by atoms with Crippen molar-refractivity contribution in [1.29, 1.82) is 0 Å². The minimum atomic E-state index is 0.0803. The molecule has 1 fully saturated rings. The van der Waals surface area contributed by atoms with Gasteiger partial charge in [0.1, 0.15) is 12.3 Å². The van der Waals surface area contributed by atoms with Gasteiger partial charge in [-0.2, -0.15) is 0 Å². The summed E-state index contributed by atoms with van der Waals surface area (Å²) < 4.78 is 0. The van der Waals surface area contributed by atoms with E-state index in [2.05, 4.69) is 25.9 Å². The zero-order chi connectivity index (χ0) is 11.8. The van der Waals surface area contributed by atoms with Crippen molar-refractivity contribution in [2.24, 2.45) is 11.8 Å². The van der Waals surface area contributed by atoms with Crippen molar-refractivity contribution in [3.8, 4) is 0 Å². The number of hydrogen-bond donors (Lipinski definition) is 0. The highest BCUT2D eigenvalue weighted by Gasteiger charge is 2.23. The van der Waals surface area contributed by atoms with Gasteiger partial charge in [-0.1, -0.05) is 32.3 Å². The van der Waals surface area contributed by atoms with E-state index in [0.717, 1.165) is 11.8 Å². The molecule has 0 heterocycles. The second-order valence-corrected chi connectivity index (χ2v) is 7.44. The van der Waals surface area contributed by atoms with Crippen molar-refractivity contribution in [1.82, 2.24) is 0 Å². The minimum Gasteiger partial charge on any atom is -0.103 e. The number of rotatable bonds is 7. The first-order valence-electron chi connectivity index (χ1n) is 6.96. The molecule has 0 nitrogen and oxygen atoms in total. The first-order chi connectivity index (χ1) is 7.77. The van der Waals surface area contributed by atoms with Crippen molar-refractivity contribution >= 4 is 13.8 Å². The normalized spacial score (nSPS) is 26.4. The van der Waals surface area contributed by atoms with Gasteiger partial charge in [-0.25, -0.2) is 0 Å². The lowest BCUT2D eigenvalue weighted by Crippen LogP contribution is -2.18. The number of unbranched alkanes of at least 4 members (excludes halogenated alkanes) is 1. The molecule has 1 heteroatoms. The van der Waals surface area contributed by atoms with Gasteiger partial charge in [-0.15, -0.1) is 6.58 Å². The molecule has 0 bridgehead atoms. The van der Waals surface area contributed by atoms with E-state index in [1.807, 2.05) is 0 Å². The summed E-state index contributed by atoms with van der Waals surface area (Å²) in [5, 5.41) is 0. The summed E-state index contributed by atoms with van der Waals surface area (Å²) in [5.41, 5.74) is 0. The zero-order valence-electron chi connectivity index (χ0n) is 11.0. The number of allylic oxidation sites excluding steroid dienone is 1. The molecule has 0 aromatic rings. The maximum atomic E-state index is 4.35. The lowest BCUT2D eigenvalue weighted by molar-refractivity contribution is 0.278. The molecule has 0 N–H and O–H groups in total. The third-order valence-corrected chi connectivity index (χ3v) is 5.75. The van der Waals surface area contributed by atoms with Crippen LogP contribution in [-0.4, -0.2) is 18.6 Å². The molecule has 16 heavy (non-hydrogen) atoms.